The van der Waals surface area contributed by atoms with Crippen LogP contribution >= 0.6 is 0 Å². The van der Waals surface area contributed by atoms with Crippen molar-refractivity contribution in [1.29, 1.82) is 0 Å². The van der Waals surface area contributed by atoms with E-state index in [4.69, 9.17) is 10.7 Å². The van der Waals surface area contributed by atoms with Gasteiger partial charge in [-0.2, -0.15) is 0 Å². The van der Waals surface area contributed by atoms with E-state index in [1.807, 2.05) is 42.5 Å². The number of nitrogens with zero attached hydrogens (tertiary/aromatic N) is 5. The minimum atomic E-state index is -0.726. The van der Waals surface area contributed by atoms with Crippen LogP contribution in [0.15, 0.2) is 84.1 Å². The summed E-state index contributed by atoms with van der Waals surface area (Å²) in [7, 11) is 0. The Labute approximate surface area is 276 Å². The molecule has 3 aliphatic rings. The molecule has 0 aliphatic carbocycles. The Morgan fingerprint density at radius 2 is 1.77 bits per heavy atom. The van der Waals surface area contributed by atoms with Crippen LogP contribution in [0.4, 0.5) is 11.4 Å². The molecule has 12 heteroatoms. The van der Waals surface area contributed by atoms with Gasteiger partial charge in [0.2, 0.25) is 11.8 Å². The number of aromatic nitrogens is 2. The molecule has 0 bridgehead atoms. The fourth-order valence-corrected chi connectivity index (χ4v) is 6.49. The van der Waals surface area contributed by atoms with Crippen LogP contribution in [0.25, 0.3) is 16.6 Å². The molecule has 242 valence electrons. The Morgan fingerprint density at radius 3 is 2.56 bits per heavy atom. The number of nitrogens with two attached hydrogens (primary N) is 1. The van der Waals surface area contributed by atoms with Gasteiger partial charge in [0.05, 0.1) is 29.0 Å². The summed E-state index contributed by atoms with van der Waals surface area (Å²) in [6, 6.07) is 19.7. The number of allylic oxidation sites excluding steroid dienone is 1. The second-order valence-corrected chi connectivity index (χ2v) is 12.1. The molecule has 0 spiro atoms. The molecule has 1 atom stereocenters. The maximum absolute atomic E-state index is 13.4. The predicted octanol–water partition coefficient (Wildman–Crippen LogP) is 3.68. The molecule has 2 fully saturated rings. The van der Waals surface area contributed by atoms with Crippen molar-refractivity contribution in [3.05, 3.63) is 102 Å². The number of fused-ring (bicyclic) bond motifs is 2. The molecular formula is C36H34N8O4. The van der Waals surface area contributed by atoms with Gasteiger partial charge in [0, 0.05) is 72.1 Å². The number of rotatable bonds is 7. The van der Waals surface area contributed by atoms with Crippen molar-refractivity contribution in [3.63, 3.8) is 0 Å². The lowest BCUT2D eigenvalue weighted by Gasteiger charge is -2.32. The van der Waals surface area contributed by atoms with Crippen molar-refractivity contribution in [2.75, 3.05) is 23.3 Å². The van der Waals surface area contributed by atoms with Crippen molar-refractivity contribution in [3.8, 4) is 0 Å². The molecule has 0 saturated carbocycles. The van der Waals surface area contributed by atoms with Gasteiger partial charge in [0.25, 0.3) is 11.8 Å². The molecule has 48 heavy (non-hydrogen) atoms. The molecule has 4 amide bonds. The Kier molecular flexibility index (Phi) is 8.37. The zero-order chi connectivity index (χ0) is 33.2. The first-order valence-electron chi connectivity index (χ1n) is 16.0. The zero-order valence-electron chi connectivity index (χ0n) is 26.1. The average Bonchev–Trinajstić information content (AvgIpc) is 3.45. The lowest BCUT2D eigenvalue weighted by atomic mass is 10.0. The summed E-state index contributed by atoms with van der Waals surface area (Å²) in [5.41, 5.74) is 12.0. The summed E-state index contributed by atoms with van der Waals surface area (Å²) in [6.07, 6.45) is 7.11. The minimum absolute atomic E-state index is 0.124. The molecule has 4 aromatic rings. The minimum Gasteiger partial charge on any atom is -0.404 e. The number of carbonyl (C=O) groups is 4. The highest BCUT2D eigenvalue weighted by atomic mass is 16.2. The van der Waals surface area contributed by atoms with E-state index in [0.29, 0.717) is 33.6 Å². The molecule has 2 saturated heterocycles. The first-order chi connectivity index (χ1) is 23.4. The number of aliphatic imine (C=N–C) groups is 1. The van der Waals surface area contributed by atoms with Crippen molar-refractivity contribution in [2.45, 2.75) is 44.3 Å². The van der Waals surface area contributed by atoms with Gasteiger partial charge in [-0.25, -0.2) is 4.98 Å². The van der Waals surface area contributed by atoms with Gasteiger partial charge in [-0.3, -0.25) is 34.5 Å². The first-order valence-corrected chi connectivity index (χ1v) is 16.0. The van der Waals surface area contributed by atoms with E-state index in [9.17, 15) is 19.2 Å². The number of benzene rings is 3. The van der Waals surface area contributed by atoms with Gasteiger partial charge >= 0.3 is 0 Å². The number of amides is 4. The summed E-state index contributed by atoms with van der Waals surface area (Å²) in [5.74, 6) is -1.40. The Bertz CT molecular complexity index is 2000. The Balaban J connectivity index is 0.980. The van der Waals surface area contributed by atoms with Crippen LogP contribution in [0.2, 0.25) is 0 Å². The molecule has 1 unspecified atom stereocenters. The van der Waals surface area contributed by atoms with Crippen LogP contribution in [0, 0.1) is 0 Å². The number of piperidine rings is 2. The fourth-order valence-electron chi connectivity index (χ4n) is 6.49. The number of nitrogens with one attached hydrogen (secondary N) is 2. The standard InChI is InChI=1S/C36H34N8O4/c37-18-23(31-20-39-29-8-1-2-9-30(29)40-31)19-38-24-13-15-43(16-14-24)25-6-3-5-22(17-25)34(46)41-28-10-4-7-26-27(28)21-44(36(26)48)32-11-12-33(45)42-35(32)47/h1-10,17-20,24,32H,11-16,21,37H2,(H,41,46)(H,42,45,47). The highest BCUT2D eigenvalue weighted by Crippen LogP contribution is 2.33. The molecule has 3 aliphatic heterocycles. The van der Waals surface area contributed by atoms with E-state index in [2.05, 4.69) is 25.5 Å². The molecule has 7 rings (SSSR count). The highest BCUT2D eigenvalue weighted by Gasteiger charge is 2.40. The van der Waals surface area contributed by atoms with Crippen LogP contribution < -0.4 is 21.3 Å². The maximum Gasteiger partial charge on any atom is 0.255 e. The topological polar surface area (TPSA) is 163 Å². The number of hydrogen-bond acceptors (Lipinski definition) is 9. The van der Waals surface area contributed by atoms with Gasteiger partial charge in [-0.15, -0.1) is 0 Å². The number of anilines is 2. The third-order valence-corrected chi connectivity index (χ3v) is 9.12. The van der Waals surface area contributed by atoms with E-state index in [1.54, 1.807) is 36.7 Å². The van der Waals surface area contributed by atoms with Crippen LogP contribution in [0.5, 0.6) is 0 Å². The summed E-state index contributed by atoms with van der Waals surface area (Å²) in [6.45, 7) is 1.72. The lowest BCUT2D eigenvalue weighted by Crippen LogP contribution is -2.52. The van der Waals surface area contributed by atoms with Crippen LogP contribution in [0.1, 0.15) is 57.7 Å². The summed E-state index contributed by atoms with van der Waals surface area (Å²) in [5, 5.41) is 5.30. The normalized spacial score (nSPS) is 18.8. The van der Waals surface area contributed by atoms with Crippen molar-refractivity contribution >= 4 is 57.8 Å². The third kappa shape index (κ3) is 6.11. The van der Waals surface area contributed by atoms with E-state index in [1.165, 1.54) is 11.1 Å². The van der Waals surface area contributed by atoms with Crippen molar-refractivity contribution in [2.24, 2.45) is 10.7 Å². The lowest BCUT2D eigenvalue weighted by molar-refractivity contribution is -0.136. The van der Waals surface area contributed by atoms with E-state index in [0.717, 1.165) is 42.7 Å². The first kappa shape index (κ1) is 30.7. The zero-order valence-corrected chi connectivity index (χ0v) is 26.1. The SMILES string of the molecule is NC=C(C=NC1CCN(c2cccc(C(=O)Nc3cccc4c3CN(C3CCC(=O)NC3=O)C4=O)c2)CC1)c1cnc2ccccc2n1. The quantitative estimate of drug-likeness (QED) is 0.203. The van der Waals surface area contributed by atoms with E-state index >= 15 is 0 Å². The number of hydrogen-bond donors (Lipinski definition) is 3. The smallest absolute Gasteiger partial charge is 0.255 e. The van der Waals surface area contributed by atoms with Crippen molar-refractivity contribution < 1.29 is 19.2 Å². The largest absolute Gasteiger partial charge is 0.404 e. The molecular weight excluding hydrogens is 608 g/mol. The van der Waals surface area contributed by atoms with Crippen LogP contribution in [0.3, 0.4) is 0 Å². The molecule has 4 heterocycles. The van der Waals surface area contributed by atoms with E-state index < -0.39 is 11.9 Å². The van der Waals surface area contributed by atoms with Gasteiger partial charge in [0.15, 0.2) is 0 Å². The van der Waals surface area contributed by atoms with Gasteiger partial charge in [-0.05, 0) is 61.7 Å². The average molecular weight is 643 g/mol. The molecule has 4 N–H and O–H groups in total. The predicted molar refractivity (Wildman–Crippen MR) is 182 cm³/mol. The molecule has 12 nitrogen and oxygen atoms in total. The Morgan fingerprint density at radius 1 is 0.979 bits per heavy atom. The molecule has 1 aromatic heterocycles. The molecule has 0 radical (unpaired) electrons. The van der Waals surface area contributed by atoms with Gasteiger partial charge in [-0.1, -0.05) is 24.3 Å². The van der Waals surface area contributed by atoms with Gasteiger partial charge < -0.3 is 20.9 Å². The molecule has 3 aromatic carbocycles. The third-order valence-electron chi connectivity index (χ3n) is 9.12. The summed E-state index contributed by atoms with van der Waals surface area (Å²) < 4.78 is 0. The number of para-hydroxylation sites is 2. The highest BCUT2D eigenvalue weighted by molar-refractivity contribution is 6.10. The second kappa shape index (κ2) is 13.1. The number of imide groups is 1. The fraction of sp³-hybridized carbons (Fsp3) is 0.250. The Hall–Kier alpha value is -5.91. The van der Waals surface area contributed by atoms with Crippen molar-refractivity contribution in [1.82, 2.24) is 20.2 Å². The second-order valence-electron chi connectivity index (χ2n) is 12.1. The maximum atomic E-state index is 13.4. The van der Waals surface area contributed by atoms with Crippen LogP contribution in [-0.2, 0) is 16.1 Å². The summed E-state index contributed by atoms with van der Waals surface area (Å²) >= 11 is 0. The van der Waals surface area contributed by atoms with Crippen LogP contribution in [-0.4, -0.2) is 69.9 Å². The number of carbonyl (C=O) groups excluding carboxylic acids is 4. The van der Waals surface area contributed by atoms with E-state index in [-0.39, 0.29) is 43.1 Å². The summed E-state index contributed by atoms with van der Waals surface area (Å²) in [4.78, 5) is 68.4. The van der Waals surface area contributed by atoms with Gasteiger partial charge in [0.1, 0.15) is 6.04 Å². The monoisotopic (exact) mass is 642 g/mol.